The molecular formula is C19H20N2O2. The number of methoxy groups -OCH3 is 1. The SMILES string of the molecule is COc1ccccc1-c1cc(-c2ccc(OC(C)C)cc2)n[nH]1. The van der Waals surface area contributed by atoms with Crippen LogP contribution in [-0.2, 0) is 0 Å². The first kappa shape index (κ1) is 15.2. The van der Waals surface area contributed by atoms with Crippen molar-refractivity contribution in [3.8, 4) is 34.0 Å². The molecule has 0 saturated carbocycles. The second-order valence-corrected chi connectivity index (χ2v) is 5.56. The summed E-state index contributed by atoms with van der Waals surface area (Å²) in [7, 11) is 1.67. The van der Waals surface area contributed by atoms with E-state index in [1.165, 1.54) is 0 Å². The zero-order chi connectivity index (χ0) is 16.2. The van der Waals surface area contributed by atoms with Crippen molar-refractivity contribution in [2.75, 3.05) is 7.11 Å². The lowest BCUT2D eigenvalue weighted by Gasteiger charge is -2.09. The van der Waals surface area contributed by atoms with Gasteiger partial charge in [0.05, 0.1) is 24.6 Å². The summed E-state index contributed by atoms with van der Waals surface area (Å²) in [4.78, 5) is 0. The van der Waals surface area contributed by atoms with Gasteiger partial charge in [0.15, 0.2) is 0 Å². The minimum absolute atomic E-state index is 0.170. The van der Waals surface area contributed by atoms with Crippen molar-refractivity contribution in [1.82, 2.24) is 10.2 Å². The fourth-order valence-corrected chi connectivity index (χ4v) is 2.45. The van der Waals surface area contributed by atoms with Crippen LogP contribution in [0, 0.1) is 0 Å². The average Bonchev–Trinajstić information content (AvgIpc) is 3.05. The van der Waals surface area contributed by atoms with Crippen molar-refractivity contribution in [2.45, 2.75) is 20.0 Å². The number of para-hydroxylation sites is 1. The lowest BCUT2D eigenvalue weighted by Crippen LogP contribution is -2.05. The van der Waals surface area contributed by atoms with E-state index in [-0.39, 0.29) is 6.10 Å². The second-order valence-electron chi connectivity index (χ2n) is 5.56. The van der Waals surface area contributed by atoms with Crippen molar-refractivity contribution < 1.29 is 9.47 Å². The molecule has 1 heterocycles. The fraction of sp³-hybridized carbons (Fsp3) is 0.211. The summed E-state index contributed by atoms with van der Waals surface area (Å²) < 4.78 is 11.1. The summed E-state index contributed by atoms with van der Waals surface area (Å²) in [6.07, 6.45) is 0.170. The summed E-state index contributed by atoms with van der Waals surface area (Å²) in [6.45, 7) is 4.03. The molecule has 2 aromatic carbocycles. The maximum absolute atomic E-state index is 5.67. The third-order valence-electron chi connectivity index (χ3n) is 3.50. The number of ether oxygens (including phenoxy) is 2. The van der Waals surface area contributed by atoms with Crippen molar-refractivity contribution in [2.24, 2.45) is 0 Å². The molecule has 23 heavy (non-hydrogen) atoms. The lowest BCUT2D eigenvalue weighted by molar-refractivity contribution is 0.242. The largest absolute Gasteiger partial charge is 0.496 e. The maximum Gasteiger partial charge on any atom is 0.128 e. The molecule has 0 aliphatic rings. The molecule has 4 heteroatoms. The van der Waals surface area contributed by atoms with Gasteiger partial charge in [0.2, 0.25) is 0 Å². The highest BCUT2D eigenvalue weighted by atomic mass is 16.5. The Hall–Kier alpha value is -2.75. The quantitative estimate of drug-likeness (QED) is 0.752. The number of hydrogen-bond acceptors (Lipinski definition) is 3. The fourth-order valence-electron chi connectivity index (χ4n) is 2.45. The predicted octanol–water partition coefficient (Wildman–Crippen LogP) is 4.54. The highest BCUT2D eigenvalue weighted by molar-refractivity contribution is 5.72. The molecule has 118 valence electrons. The van der Waals surface area contributed by atoms with Gasteiger partial charge in [-0.1, -0.05) is 12.1 Å². The Balaban J connectivity index is 1.87. The molecule has 0 spiro atoms. The first-order valence-electron chi connectivity index (χ1n) is 7.63. The van der Waals surface area contributed by atoms with Gasteiger partial charge in [-0.05, 0) is 56.3 Å². The van der Waals surface area contributed by atoms with Gasteiger partial charge in [0.25, 0.3) is 0 Å². The zero-order valence-electron chi connectivity index (χ0n) is 13.5. The molecule has 0 amide bonds. The van der Waals surface area contributed by atoms with Crippen LogP contribution in [0.2, 0.25) is 0 Å². The van der Waals surface area contributed by atoms with Gasteiger partial charge in [-0.3, -0.25) is 5.10 Å². The minimum atomic E-state index is 0.170. The Bertz CT molecular complexity index is 776. The Morgan fingerprint density at radius 1 is 1.00 bits per heavy atom. The molecule has 0 atom stereocenters. The van der Waals surface area contributed by atoms with Crippen LogP contribution in [0.25, 0.3) is 22.5 Å². The van der Waals surface area contributed by atoms with E-state index < -0.39 is 0 Å². The smallest absolute Gasteiger partial charge is 0.128 e. The molecular weight excluding hydrogens is 288 g/mol. The first-order valence-corrected chi connectivity index (χ1v) is 7.63. The van der Waals surface area contributed by atoms with Crippen LogP contribution in [0.1, 0.15) is 13.8 Å². The molecule has 3 rings (SSSR count). The van der Waals surface area contributed by atoms with Gasteiger partial charge < -0.3 is 9.47 Å². The summed E-state index contributed by atoms with van der Waals surface area (Å²) in [5.41, 5.74) is 3.86. The van der Waals surface area contributed by atoms with Crippen molar-refractivity contribution >= 4 is 0 Å². The van der Waals surface area contributed by atoms with E-state index in [4.69, 9.17) is 9.47 Å². The summed E-state index contributed by atoms with van der Waals surface area (Å²) in [5.74, 6) is 1.69. The number of rotatable bonds is 5. The van der Waals surface area contributed by atoms with E-state index in [1.807, 2.05) is 68.4 Å². The van der Waals surface area contributed by atoms with Crippen molar-refractivity contribution in [3.05, 3.63) is 54.6 Å². The van der Waals surface area contributed by atoms with E-state index in [0.29, 0.717) is 0 Å². The van der Waals surface area contributed by atoms with Crippen LogP contribution >= 0.6 is 0 Å². The summed E-state index contributed by atoms with van der Waals surface area (Å²) >= 11 is 0. The third-order valence-corrected chi connectivity index (χ3v) is 3.50. The van der Waals surface area contributed by atoms with Crippen LogP contribution in [0.3, 0.4) is 0 Å². The highest BCUT2D eigenvalue weighted by Gasteiger charge is 2.10. The van der Waals surface area contributed by atoms with Crippen molar-refractivity contribution in [1.29, 1.82) is 0 Å². The van der Waals surface area contributed by atoms with Crippen LogP contribution < -0.4 is 9.47 Å². The predicted molar refractivity (Wildman–Crippen MR) is 91.8 cm³/mol. The number of aromatic nitrogens is 2. The molecule has 0 bridgehead atoms. The topological polar surface area (TPSA) is 47.1 Å². The molecule has 0 radical (unpaired) electrons. The Morgan fingerprint density at radius 3 is 2.43 bits per heavy atom. The van der Waals surface area contributed by atoms with Gasteiger partial charge in [-0.15, -0.1) is 0 Å². The normalized spacial score (nSPS) is 10.8. The molecule has 4 nitrogen and oxygen atoms in total. The van der Waals surface area contributed by atoms with E-state index >= 15 is 0 Å². The van der Waals surface area contributed by atoms with E-state index in [9.17, 15) is 0 Å². The van der Waals surface area contributed by atoms with E-state index in [2.05, 4.69) is 10.2 Å². The van der Waals surface area contributed by atoms with Gasteiger partial charge in [-0.2, -0.15) is 5.10 Å². The standard InChI is InChI=1S/C19H20N2O2/c1-13(2)23-15-10-8-14(9-11-15)17-12-18(21-20-17)16-6-4-5-7-19(16)22-3/h4-13H,1-3H3,(H,20,21). The number of nitrogens with one attached hydrogen (secondary N) is 1. The number of aromatic amines is 1. The van der Waals surface area contributed by atoms with Crippen LogP contribution in [0.4, 0.5) is 0 Å². The number of hydrogen-bond donors (Lipinski definition) is 1. The van der Waals surface area contributed by atoms with Gasteiger partial charge in [-0.25, -0.2) is 0 Å². The summed E-state index contributed by atoms with van der Waals surface area (Å²) in [5, 5.41) is 7.49. The molecule has 0 aliphatic heterocycles. The number of H-pyrrole nitrogens is 1. The highest BCUT2D eigenvalue weighted by Crippen LogP contribution is 2.31. The molecule has 1 aromatic heterocycles. The maximum atomic E-state index is 5.67. The van der Waals surface area contributed by atoms with E-state index in [0.717, 1.165) is 34.0 Å². The van der Waals surface area contributed by atoms with Crippen LogP contribution in [-0.4, -0.2) is 23.4 Å². The van der Waals surface area contributed by atoms with Crippen LogP contribution in [0.5, 0.6) is 11.5 Å². The Labute approximate surface area is 136 Å². The summed E-state index contributed by atoms with van der Waals surface area (Å²) in [6, 6.07) is 17.9. The Kier molecular flexibility index (Phi) is 4.33. The third kappa shape index (κ3) is 3.37. The van der Waals surface area contributed by atoms with Gasteiger partial charge in [0.1, 0.15) is 11.5 Å². The second kappa shape index (κ2) is 6.57. The molecule has 0 saturated heterocycles. The number of nitrogens with zero attached hydrogens (tertiary/aromatic N) is 1. The van der Waals surface area contributed by atoms with Crippen molar-refractivity contribution in [3.63, 3.8) is 0 Å². The molecule has 0 unspecified atom stereocenters. The zero-order valence-corrected chi connectivity index (χ0v) is 13.5. The molecule has 3 aromatic rings. The molecule has 0 fully saturated rings. The number of benzene rings is 2. The molecule has 0 aliphatic carbocycles. The van der Waals surface area contributed by atoms with Gasteiger partial charge >= 0.3 is 0 Å². The van der Waals surface area contributed by atoms with E-state index in [1.54, 1.807) is 7.11 Å². The minimum Gasteiger partial charge on any atom is -0.496 e. The van der Waals surface area contributed by atoms with Gasteiger partial charge in [0, 0.05) is 11.1 Å². The Morgan fingerprint density at radius 2 is 1.74 bits per heavy atom. The monoisotopic (exact) mass is 308 g/mol. The van der Waals surface area contributed by atoms with Crippen LogP contribution in [0.15, 0.2) is 54.6 Å². The first-order chi connectivity index (χ1) is 11.2. The molecule has 1 N–H and O–H groups in total. The lowest BCUT2D eigenvalue weighted by atomic mass is 10.1. The average molecular weight is 308 g/mol.